The molecule has 0 spiro atoms. The van der Waals surface area contributed by atoms with Crippen LogP contribution in [0.3, 0.4) is 0 Å². The van der Waals surface area contributed by atoms with E-state index in [1.807, 2.05) is 67.6 Å². The predicted molar refractivity (Wildman–Crippen MR) is 143 cm³/mol. The molecule has 0 atom stereocenters. The van der Waals surface area contributed by atoms with E-state index in [1.165, 1.54) is 32.7 Å². The zero-order valence-electron chi connectivity index (χ0n) is 20.7. The number of hydrogen-bond donors (Lipinski definition) is 1. The minimum absolute atomic E-state index is 0.156. The molecule has 0 aromatic heterocycles. The molecule has 36 heavy (non-hydrogen) atoms. The van der Waals surface area contributed by atoms with Gasteiger partial charge in [-0.25, -0.2) is 0 Å². The van der Waals surface area contributed by atoms with Crippen LogP contribution in [0.15, 0.2) is 100 Å². The van der Waals surface area contributed by atoms with Crippen molar-refractivity contribution >= 4 is 23.6 Å². The molecule has 1 saturated heterocycles. The van der Waals surface area contributed by atoms with Crippen molar-refractivity contribution in [1.29, 1.82) is 0 Å². The molecule has 1 fully saturated rings. The van der Waals surface area contributed by atoms with Crippen molar-refractivity contribution in [3.05, 3.63) is 112 Å². The van der Waals surface area contributed by atoms with E-state index in [4.69, 9.17) is 0 Å². The molecule has 2 amide bonds. The van der Waals surface area contributed by atoms with Gasteiger partial charge in [0.15, 0.2) is 0 Å². The van der Waals surface area contributed by atoms with E-state index in [-0.39, 0.29) is 11.8 Å². The lowest BCUT2D eigenvalue weighted by atomic mass is 10.1. The van der Waals surface area contributed by atoms with Gasteiger partial charge >= 0.3 is 0 Å². The third-order valence-corrected chi connectivity index (χ3v) is 7.97. The number of nitrogens with zero attached hydrogens (tertiary/aromatic N) is 2. The highest BCUT2D eigenvalue weighted by atomic mass is 32.2. The SMILES string of the molecule is Cc1ccc(SC2=C(N3CC[NH+](Cc4ccccc4)CC3)C(=O)N(CCc3ccccc3)C2=O)cc1. The fourth-order valence-electron chi connectivity index (χ4n) is 4.83. The number of benzene rings is 3. The van der Waals surface area contributed by atoms with Crippen molar-refractivity contribution in [3.63, 3.8) is 0 Å². The molecule has 2 aliphatic rings. The second-order valence-corrected chi connectivity index (χ2v) is 10.6. The molecule has 0 aliphatic carbocycles. The Morgan fingerprint density at radius 3 is 2.03 bits per heavy atom. The normalized spacial score (nSPS) is 16.8. The lowest BCUT2D eigenvalue weighted by Crippen LogP contribution is -3.13. The molecule has 184 valence electrons. The average Bonchev–Trinajstić information content (AvgIpc) is 3.14. The van der Waals surface area contributed by atoms with E-state index in [9.17, 15) is 9.59 Å². The van der Waals surface area contributed by atoms with Crippen LogP contribution >= 0.6 is 11.8 Å². The van der Waals surface area contributed by atoms with Gasteiger partial charge in [0.05, 0.1) is 26.2 Å². The van der Waals surface area contributed by atoms with Crippen molar-refractivity contribution in [2.45, 2.75) is 24.8 Å². The lowest BCUT2D eigenvalue weighted by Gasteiger charge is -2.34. The van der Waals surface area contributed by atoms with Crippen LogP contribution in [0, 0.1) is 6.92 Å². The minimum Gasteiger partial charge on any atom is -0.355 e. The first-order valence-corrected chi connectivity index (χ1v) is 13.4. The number of rotatable bonds is 8. The van der Waals surface area contributed by atoms with E-state index in [2.05, 4.69) is 29.2 Å². The standard InChI is InChI=1S/C30H31N3O2S/c1-23-12-14-26(15-13-23)36-28-27(29(34)33(30(28)35)17-16-24-8-4-2-5-9-24)32-20-18-31(19-21-32)22-25-10-6-3-7-11-25/h2-15H,16-22H2,1H3/p+1. The molecule has 3 aromatic rings. The largest absolute Gasteiger partial charge is 0.355 e. The van der Waals surface area contributed by atoms with Gasteiger partial charge in [0, 0.05) is 17.0 Å². The molecule has 0 unspecified atom stereocenters. The van der Waals surface area contributed by atoms with Gasteiger partial charge < -0.3 is 9.80 Å². The Bertz CT molecular complexity index is 1230. The fourth-order valence-corrected chi connectivity index (χ4v) is 5.85. The quantitative estimate of drug-likeness (QED) is 0.484. The van der Waals surface area contributed by atoms with Crippen LogP contribution in [0.4, 0.5) is 0 Å². The summed E-state index contributed by atoms with van der Waals surface area (Å²) in [6.45, 7) is 6.82. The minimum atomic E-state index is -0.171. The number of thioether (sulfide) groups is 1. The molecule has 0 saturated carbocycles. The van der Waals surface area contributed by atoms with Gasteiger partial charge in [-0.1, -0.05) is 90.1 Å². The van der Waals surface area contributed by atoms with Crippen molar-refractivity contribution in [3.8, 4) is 0 Å². The van der Waals surface area contributed by atoms with Gasteiger partial charge in [-0.15, -0.1) is 0 Å². The highest BCUT2D eigenvalue weighted by Crippen LogP contribution is 2.37. The maximum atomic E-state index is 13.6. The fraction of sp³-hybridized carbons (Fsp3) is 0.267. The molecule has 5 nitrogen and oxygen atoms in total. The molecule has 1 N–H and O–H groups in total. The predicted octanol–water partition coefficient (Wildman–Crippen LogP) is 3.31. The van der Waals surface area contributed by atoms with Gasteiger partial charge in [0.25, 0.3) is 11.8 Å². The van der Waals surface area contributed by atoms with E-state index in [1.54, 1.807) is 0 Å². The maximum absolute atomic E-state index is 13.6. The van der Waals surface area contributed by atoms with Crippen LogP contribution in [-0.4, -0.2) is 54.3 Å². The monoisotopic (exact) mass is 498 g/mol. The second kappa shape index (κ2) is 11.1. The molecular weight excluding hydrogens is 466 g/mol. The highest BCUT2D eigenvalue weighted by Gasteiger charge is 2.42. The van der Waals surface area contributed by atoms with E-state index in [0.717, 1.165) is 43.2 Å². The molecule has 3 aromatic carbocycles. The van der Waals surface area contributed by atoms with Gasteiger partial charge in [-0.2, -0.15) is 0 Å². The van der Waals surface area contributed by atoms with E-state index < -0.39 is 0 Å². The average molecular weight is 499 g/mol. The van der Waals surface area contributed by atoms with Gasteiger partial charge in [-0.05, 0) is 31.0 Å². The summed E-state index contributed by atoms with van der Waals surface area (Å²) < 4.78 is 0. The first-order chi connectivity index (χ1) is 17.6. The second-order valence-electron chi connectivity index (χ2n) is 9.49. The Kier molecular flexibility index (Phi) is 7.54. The molecule has 5 rings (SSSR count). The summed E-state index contributed by atoms with van der Waals surface area (Å²) in [7, 11) is 0. The highest BCUT2D eigenvalue weighted by molar-refractivity contribution is 8.04. The van der Waals surface area contributed by atoms with Crippen LogP contribution in [0.25, 0.3) is 0 Å². The van der Waals surface area contributed by atoms with E-state index in [0.29, 0.717) is 23.6 Å². The Balaban J connectivity index is 1.34. The number of nitrogens with one attached hydrogen (secondary N) is 1. The van der Waals surface area contributed by atoms with Gasteiger partial charge in [0.1, 0.15) is 17.1 Å². The zero-order valence-corrected chi connectivity index (χ0v) is 21.5. The van der Waals surface area contributed by atoms with Crippen molar-refractivity contribution in [1.82, 2.24) is 9.80 Å². The Labute approximate surface area is 217 Å². The Morgan fingerprint density at radius 1 is 0.778 bits per heavy atom. The molecule has 6 heteroatoms. The lowest BCUT2D eigenvalue weighted by molar-refractivity contribution is -0.917. The number of imide groups is 1. The van der Waals surface area contributed by atoms with Crippen molar-refractivity contribution < 1.29 is 14.5 Å². The zero-order chi connectivity index (χ0) is 24.9. The molecule has 0 radical (unpaired) electrons. The third-order valence-electron chi connectivity index (χ3n) is 6.89. The maximum Gasteiger partial charge on any atom is 0.278 e. The summed E-state index contributed by atoms with van der Waals surface area (Å²) in [6.07, 6.45) is 0.656. The van der Waals surface area contributed by atoms with Gasteiger partial charge in [-0.3, -0.25) is 14.5 Å². The number of carbonyl (C=O) groups is 2. The first kappa shape index (κ1) is 24.3. The summed E-state index contributed by atoms with van der Waals surface area (Å²) in [4.78, 5) is 33.8. The van der Waals surface area contributed by atoms with Crippen LogP contribution < -0.4 is 4.90 Å². The van der Waals surface area contributed by atoms with Crippen LogP contribution in [0.5, 0.6) is 0 Å². The summed E-state index contributed by atoms with van der Waals surface area (Å²) in [6, 6.07) is 28.7. The number of amides is 2. The van der Waals surface area contributed by atoms with Crippen molar-refractivity contribution in [2.75, 3.05) is 32.7 Å². The topological polar surface area (TPSA) is 45.1 Å². The van der Waals surface area contributed by atoms with Gasteiger partial charge in [0.2, 0.25) is 0 Å². The summed E-state index contributed by atoms with van der Waals surface area (Å²) in [5, 5.41) is 0. The first-order valence-electron chi connectivity index (χ1n) is 12.6. The summed E-state index contributed by atoms with van der Waals surface area (Å²) >= 11 is 1.42. The molecular formula is C30H32N3O2S+. The Morgan fingerprint density at radius 2 is 1.39 bits per heavy atom. The van der Waals surface area contributed by atoms with Crippen LogP contribution in [0.2, 0.25) is 0 Å². The summed E-state index contributed by atoms with van der Waals surface area (Å²) in [5.74, 6) is -0.326. The number of piperazine rings is 1. The number of aryl methyl sites for hydroxylation is 1. The number of quaternary nitrogens is 1. The summed E-state index contributed by atoms with van der Waals surface area (Å²) in [5.41, 5.74) is 4.20. The molecule has 2 heterocycles. The molecule has 2 aliphatic heterocycles. The third kappa shape index (κ3) is 5.55. The van der Waals surface area contributed by atoms with Crippen molar-refractivity contribution in [2.24, 2.45) is 0 Å². The van der Waals surface area contributed by atoms with Crippen LogP contribution in [-0.2, 0) is 22.6 Å². The Hall–Kier alpha value is -3.35. The number of carbonyl (C=O) groups excluding carboxylic acids is 2. The smallest absolute Gasteiger partial charge is 0.278 e. The number of hydrogen-bond acceptors (Lipinski definition) is 4. The van der Waals surface area contributed by atoms with Crippen LogP contribution in [0.1, 0.15) is 16.7 Å². The van der Waals surface area contributed by atoms with E-state index >= 15 is 0 Å². The molecule has 0 bridgehead atoms.